The molecule has 2 aromatic rings. The third-order valence-electron chi connectivity index (χ3n) is 8.31. The first kappa shape index (κ1) is 18.3. The van der Waals surface area contributed by atoms with Gasteiger partial charge < -0.3 is 15.2 Å². The Morgan fingerprint density at radius 2 is 2.00 bits per heavy atom. The molecular weight excluding hydrogens is 404 g/mol. The van der Waals surface area contributed by atoms with E-state index >= 15 is 0 Å². The number of halogens is 2. The minimum Gasteiger partial charge on any atom is -0.431 e. The van der Waals surface area contributed by atoms with E-state index in [1.54, 1.807) is 6.20 Å². The molecule has 3 saturated heterocycles. The van der Waals surface area contributed by atoms with Crippen molar-refractivity contribution in [2.24, 2.45) is 11.8 Å². The Morgan fingerprint density at radius 3 is 2.68 bits per heavy atom. The van der Waals surface area contributed by atoms with Crippen LogP contribution in [0.25, 0.3) is 11.3 Å². The smallest absolute Gasteiger partial charge is 0.387 e. The van der Waals surface area contributed by atoms with Gasteiger partial charge in [-0.1, -0.05) is 12.8 Å². The molecule has 164 valence electrons. The van der Waals surface area contributed by atoms with Gasteiger partial charge in [0.15, 0.2) is 11.6 Å². The Hall–Kier alpha value is -2.26. The molecule has 9 heteroatoms. The second-order valence-corrected chi connectivity index (χ2v) is 9.68. The summed E-state index contributed by atoms with van der Waals surface area (Å²) in [6.07, 6.45) is 6.34. The van der Waals surface area contributed by atoms with Crippen LogP contribution in [-0.2, 0) is 10.2 Å². The molecule has 3 saturated carbocycles. The van der Waals surface area contributed by atoms with Gasteiger partial charge in [0, 0.05) is 35.5 Å². The van der Waals surface area contributed by atoms with Crippen molar-refractivity contribution in [1.82, 2.24) is 19.7 Å². The highest BCUT2D eigenvalue weighted by atomic mass is 19.3. The van der Waals surface area contributed by atoms with Crippen molar-refractivity contribution in [2.75, 3.05) is 25.5 Å². The van der Waals surface area contributed by atoms with E-state index in [0.29, 0.717) is 29.6 Å². The molecular formula is C22H25F2N5O2. The first-order chi connectivity index (χ1) is 15.1. The summed E-state index contributed by atoms with van der Waals surface area (Å²) in [5.41, 5.74) is 8.71. The van der Waals surface area contributed by atoms with Gasteiger partial charge in [-0.05, 0) is 36.8 Å². The molecule has 2 bridgehead atoms. The van der Waals surface area contributed by atoms with E-state index < -0.39 is 6.61 Å². The van der Waals surface area contributed by atoms with E-state index in [4.69, 9.17) is 15.6 Å². The number of anilines is 1. The van der Waals surface area contributed by atoms with Gasteiger partial charge in [0.1, 0.15) is 0 Å². The molecule has 6 fully saturated rings. The van der Waals surface area contributed by atoms with Gasteiger partial charge in [-0.15, -0.1) is 0 Å². The van der Waals surface area contributed by atoms with Crippen LogP contribution >= 0.6 is 0 Å². The highest BCUT2D eigenvalue weighted by Gasteiger charge is 2.94. The molecule has 0 amide bonds. The van der Waals surface area contributed by atoms with Crippen LogP contribution in [0.5, 0.6) is 5.75 Å². The van der Waals surface area contributed by atoms with Crippen molar-refractivity contribution in [3.8, 4) is 17.0 Å². The lowest BCUT2D eigenvalue weighted by molar-refractivity contribution is -0.0601. The second kappa shape index (κ2) is 6.16. The van der Waals surface area contributed by atoms with Crippen LogP contribution in [0.15, 0.2) is 18.3 Å². The number of hydrogen-bond donors (Lipinski definition) is 1. The number of piperidine rings is 1. The van der Waals surface area contributed by atoms with Gasteiger partial charge in [0.25, 0.3) is 0 Å². The zero-order valence-electron chi connectivity index (χ0n) is 17.1. The standard InChI is InChI=1S/C22H25F2N5O2/c23-21(24)31-16-5-11(7-26-20(16)25)15-6-17(29(27-15)12-3-1-2-4-12)22-14-8-28(13-9-30-10-13)19(22)18(14)22/h5-7,12-14,18-19,21H,1-4,8-10H2,(H2,25,26)/t14-,18?,19?,22-/m0/s1. The van der Waals surface area contributed by atoms with Crippen LogP contribution in [-0.4, -0.2) is 58.1 Å². The molecule has 0 aromatic carbocycles. The minimum absolute atomic E-state index is 0.0426. The highest BCUT2D eigenvalue weighted by molar-refractivity contribution is 5.67. The minimum atomic E-state index is -2.94. The molecule has 3 aliphatic carbocycles. The van der Waals surface area contributed by atoms with E-state index in [9.17, 15) is 8.78 Å². The van der Waals surface area contributed by atoms with Crippen molar-refractivity contribution < 1.29 is 18.3 Å². The van der Waals surface area contributed by atoms with Gasteiger partial charge >= 0.3 is 6.61 Å². The van der Waals surface area contributed by atoms with Gasteiger partial charge in [-0.2, -0.15) is 13.9 Å². The number of hydrogen-bond acceptors (Lipinski definition) is 6. The fourth-order valence-corrected chi connectivity index (χ4v) is 6.71. The van der Waals surface area contributed by atoms with Crippen molar-refractivity contribution in [1.29, 1.82) is 0 Å². The van der Waals surface area contributed by atoms with Crippen LogP contribution in [0.1, 0.15) is 37.4 Å². The number of nitrogens with zero attached hydrogens (tertiary/aromatic N) is 4. The van der Waals surface area contributed by atoms with E-state index in [1.165, 1.54) is 24.6 Å². The van der Waals surface area contributed by atoms with Crippen molar-refractivity contribution in [3.63, 3.8) is 0 Å². The Balaban J connectivity index is 1.26. The summed E-state index contributed by atoms with van der Waals surface area (Å²) in [6, 6.07) is 5.29. The molecule has 31 heavy (non-hydrogen) atoms. The zero-order chi connectivity index (χ0) is 20.9. The molecule has 8 rings (SSSR count). The maximum absolute atomic E-state index is 12.8. The first-order valence-corrected chi connectivity index (χ1v) is 11.2. The molecule has 6 aliphatic rings. The average Bonchev–Trinajstić information content (AvgIpc) is 3.20. The predicted octanol–water partition coefficient (Wildman–Crippen LogP) is 2.82. The van der Waals surface area contributed by atoms with Crippen LogP contribution < -0.4 is 10.5 Å². The van der Waals surface area contributed by atoms with Crippen LogP contribution in [0.3, 0.4) is 0 Å². The number of fused-ring (bicyclic) bond motifs is 1. The normalized spacial score (nSPS) is 34.2. The fourth-order valence-electron chi connectivity index (χ4n) is 6.71. The lowest BCUT2D eigenvalue weighted by atomic mass is 10.0. The zero-order valence-corrected chi connectivity index (χ0v) is 17.1. The maximum Gasteiger partial charge on any atom is 0.387 e. The Labute approximate surface area is 178 Å². The van der Waals surface area contributed by atoms with Crippen LogP contribution in [0.2, 0.25) is 0 Å². The predicted molar refractivity (Wildman–Crippen MR) is 108 cm³/mol. The van der Waals surface area contributed by atoms with Crippen molar-refractivity contribution in [2.45, 2.75) is 55.8 Å². The molecule has 2 unspecified atom stereocenters. The molecule has 4 atom stereocenters. The fraction of sp³-hybridized carbons (Fsp3) is 0.636. The van der Waals surface area contributed by atoms with E-state index in [0.717, 1.165) is 44.2 Å². The summed E-state index contributed by atoms with van der Waals surface area (Å²) < 4.78 is 37.8. The van der Waals surface area contributed by atoms with Gasteiger partial charge in [-0.25, -0.2) is 4.98 Å². The largest absolute Gasteiger partial charge is 0.431 e. The lowest BCUT2D eigenvalue weighted by Gasteiger charge is -2.34. The SMILES string of the molecule is Nc1ncc(-c2cc([C@@]34C5C3N(C3COC3)C[C@@H]54)n(C3CCCC3)n2)cc1OC(F)F. The third kappa shape index (κ3) is 2.39. The maximum atomic E-state index is 12.8. The molecule has 7 nitrogen and oxygen atoms in total. The number of alkyl halides is 2. The summed E-state index contributed by atoms with van der Waals surface area (Å²) in [5, 5.41) is 5.00. The molecule has 0 radical (unpaired) electrons. The second-order valence-electron chi connectivity index (χ2n) is 9.68. The number of aromatic nitrogens is 3. The van der Waals surface area contributed by atoms with Crippen LogP contribution in [0.4, 0.5) is 14.6 Å². The molecule has 3 aliphatic heterocycles. The summed E-state index contributed by atoms with van der Waals surface area (Å²) >= 11 is 0. The van der Waals surface area contributed by atoms with Gasteiger partial charge in [0.05, 0.1) is 31.0 Å². The molecule has 5 heterocycles. The molecule has 2 aromatic heterocycles. The number of nitrogen functional groups attached to an aromatic ring is 1. The summed E-state index contributed by atoms with van der Waals surface area (Å²) in [7, 11) is 0. The summed E-state index contributed by atoms with van der Waals surface area (Å²) in [5.74, 6) is 1.30. The number of rotatable bonds is 6. The Kier molecular flexibility index (Phi) is 3.64. The molecule has 0 spiro atoms. The number of ether oxygens (including phenoxy) is 2. The van der Waals surface area contributed by atoms with Gasteiger partial charge in [-0.3, -0.25) is 9.58 Å². The average molecular weight is 429 g/mol. The summed E-state index contributed by atoms with van der Waals surface area (Å²) in [6.45, 7) is -0.0860. The van der Waals surface area contributed by atoms with Crippen molar-refractivity contribution >= 4 is 5.82 Å². The highest BCUT2D eigenvalue weighted by Crippen LogP contribution is 2.86. The van der Waals surface area contributed by atoms with Crippen LogP contribution in [0, 0.1) is 11.8 Å². The van der Waals surface area contributed by atoms with E-state index in [1.807, 2.05) is 0 Å². The summed E-state index contributed by atoms with van der Waals surface area (Å²) in [4.78, 5) is 6.73. The number of nitrogens with two attached hydrogens (primary N) is 1. The van der Waals surface area contributed by atoms with Gasteiger partial charge in [0.2, 0.25) is 0 Å². The Bertz CT molecular complexity index is 1040. The van der Waals surface area contributed by atoms with E-state index in [-0.39, 0.29) is 17.0 Å². The topological polar surface area (TPSA) is 78.4 Å². The Morgan fingerprint density at radius 1 is 1.19 bits per heavy atom. The van der Waals surface area contributed by atoms with Crippen molar-refractivity contribution in [3.05, 3.63) is 24.0 Å². The third-order valence-corrected chi connectivity index (χ3v) is 8.31. The first-order valence-electron chi connectivity index (χ1n) is 11.2. The monoisotopic (exact) mass is 429 g/mol. The van der Waals surface area contributed by atoms with E-state index in [2.05, 4.69) is 25.4 Å². The molecule has 2 N–H and O–H groups in total. The number of pyridine rings is 1. The lowest BCUT2D eigenvalue weighted by Crippen LogP contribution is -2.48. The quantitative estimate of drug-likeness (QED) is 0.761.